The number of benzene rings is 6. The molecule has 0 aliphatic heterocycles. The van der Waals surface area contributed by atoms with E-state index in [-0.39, 0.29) is 5.41 Å². The summed E-state index contributed by atoms with van der Waals surface area (Å²) in [5.74, 6) is 0. The first-order chi connectivity index (χ1) is 21.8. The normalized spacial score (nSPS) is 12.3. The highest BCUT2D eigenvalue weighted by molar-refractivity contribution is 6.21. The smallest absolute Gasteiger partial charge is 0.0183 e. The van der Waals surface area contributed by atoms with Crippen molar-refractivity contribution in [2.75, 3.05) is 0 Å². The first kappa shape index (κ1) is 29.8. The Kier molecular flexibility index (Phi) is 8.20. The lowest BCUT2D eigenvalue weighted by molar-refractivity contribution is 0.590. The van der Waals surface area contributed by atoms with Gasteiger partial charge in [0.2, 0.25) is 0 Å². The monoisotopic (exact) mass is 581 g/mol. The minimum absolute atomic E-state index is 0.0712. The average Bonchev–Trinajstić information content (AvgIpc) is 3.05. The van der Waals surface area contributed by atoms with E-state index in [0.29, 0.717) is 0 Å². The third-order valence-corrected chi connectivity index (χ3v) is 8.67. The second-order valence-electron chi connectivity index (χ2n) is 12.7. The Morgan fingerprint density at radius 2 is 1.29 bits per heavy atom. The molecular weight excluding hydrogens is 542 g/mol. The van der Waals surface area contributed by atoms with Gasteiger partial charge in [-0.1, -0.05) is 155 Å². The molecule has 6 aromatic rings. The lowest BCUT2D eigenvalue weighted by Crippen LogP contribution is -2.10. The maximum atomic E-state index is 7.35. The molecule has 1 heteroatoms. The molecule has 6 aromatic carbocycles. The van der Waals surface area contributed by atoms with Crippen molar-refractivity contribution in [3.8, 4) is 22.3 Å². The molecule has 0 aromatic heterocycles. The highest BCUT2D eigenvalue weighted by Gasteiger charge is 2.19. The number of allylic oxidation sites excluding steroid dienone is 6. The van der Waals surface area contributed by atoms with Crippen molar-refractivity contribution in [3.05, 3.63) is 169 Å². The molecule has 6 rings (SSSR count). The third kappa shape index (κ3) is 5.95. The molecule has 0 bridgehead atoms. The lowest BCUT2D eigenvalue weighted by Gasteiger charge is -2.22. The van der Waals surface area contributed by atoms with Crippen LogP contribution in [-0.2, 0) is 11.8 Å². The van der Waals surface area contributed by atoms with Gasteiger partial charge in [0.15, 0.2) is 0 Å². The fourth-order valence-corrected chi connectivity index (χ4v) is 6.30. The Morgan fingerprint density at radius 1 is 0.689 bits per heavy atom. The quantitative estimate of drug-likeness (QED) is 0.105. The zero-order valence-electron chi connectivity index (χ0n) is 26.4. The van der Waals surface area contributed by atoms with E-state index in [2.05, 4.69) is 149 Å². The predicted molar refractivity (Wildman–Crippen MR) is 198 cm³/mol. The van der Waals surface area contributed by atoms with Crippen molar-refractivity contribution in [2.45, 2.75) is 32.6 Å². The molecule has 0 radical (unpaired) electrons. The van der Waals surface area contributed by atoms with E-state index in [1.807, 2.05) is 6.08 Å². The lowest BCUT2D eigenvalue weighted by atomic mass is 9.82. The van der Waals surface area contributed by atoms with Gasteiger partial charge in [0.05, 0.1) is 0 Å². The van der Waals surface area contributed by atoms with Gasteiger partial charge in [-0.25, -0.2) is 0 Å². The SMILES string of the molecule is C=C/C(=C\C=N)C(=C)/C=C\Cc1ccc2ccc(-c3c4ccccc4c(-c4cccc(C(C)(C)C)c4)c4ccccc34)cc2c1. The van der Waals surface area contributed by atoms with Crippen molar-refractivity contribution < 1.29 is 0 Å². The van der Waals surface area contributed by atoms with Gasteiger partial charge < -0.3 is 5.41 Å². The van der Waals surface area contributed by atoms with Gasteiger partial charge in [0.1, 0.15) is 0 Å². The fraction of sp³-hybridized carbons (Fsp3) is 0.114. The van der Waals surface area contributed by atoms with E-state index in [4.69, 9.17) is 5.41 Å². The molecule has 1 N–H and O–H groups in total. The maximum Gasteiger partial charge on any atom is 0.0183 e. The summed E-state index contributed by atoms with van der Waals surface area (Å²) in [5, 5.41) is 14.9. The zero-order valence-corrected chi connectivity index (χ0v) is 26.4. The van der Waals surface area contributed by atoms with E-state index in [0.717, 1.165) is 17.6 Å². The van der Waals surface area contributed by atoms with Crippen LogP contribution in [-0.4, -0.2) is 6.21 Å². The molecule has 0 amide bonds. The van der Waals surface area contributed by atoms with Crippen molar-refractivity contribution in [2.24, 2.45) is 0 Å². The van der Waals surface area contributed by atoms with E-state index >= 15 is 0 Å². The number of nitrogens with one attached hydrogen (secondary N) is 1. The average molecular weight is 582 g/mol. The molecule has 1 nitrogen and oxygen atoms in total. The second kappa shape index (κ2) is 12.4. The van der Waals surface area contributed by atoms with Crippen LogP contribution < -0.4 is 0 Å². The van der Waals surface area contributed by atoms with Crippen LogP contribution in [0.3, 0.4) is 0 Å². The van der Waals surface area contributed by atoms with Crippen LogP contribution in [0.15, 0.2) is 158 Å². The van der Waals surface area contributed by atoms with Crippen LogP contribution in [0.25, 0.3) is 54.6 Å². The van der Waals surface area contributed by atoms with Gasteiger partial charge in [-0.15, -0.1) is 0 Å². The van der Waals surface area contributed by atoms with Crippen molar-refractivity contribution in [3.63, 3.8) is 0 Å². The second-order valence-corrected chi connectivity index (χ2v) is 12.7. The summed E-state index contributed by atoms with van der Waals surface area (Å²) < 4.78 is 0. The molecule has 0 aliphatic carbocycles. The Bertz CT molecular complexity index is 2110. The summed E-state index contributed by atoms with van der Waals surface area (Å²) in [7, 11) is 0. The van der Waals surface area contributed by atoms with Gasteiger partial charge in [-0.3, -0.25) is 0 Å². The molecule has 0 aliphatic rings. The molecule has 45 heavy (non-hydrogen) atoms. The Hall–Kier alpha value is -5.27. The van der Waals surface area contributed by atoms with Gasteiger partial charge in [-0.2, -0.15) is 0 Å². The van der Waals surface area contributed by atoms with Crippen LogP contribution in [0, 0.1) is 5.41 Å². The molecule has 0 spiro atoms. The number of fused-ring (bicyclic) bond motifs is 3. The van der Waals surface area contributed by atoms with E-state index in [1.54, 1.807) is 12.2 Å². The summed E-state index contributed by atoms with van der Waals surface area (Å²) in [6.45, 7) is 14.8. The predicted octanol–water partition coefficient (Wildman–Crippen LogP) is 12.2. The minimum atomic E-state index is 0.0712. The molecule has 0 unspecified atom stereocenters. The van der Waals surface area contributed by atoms with Gasteiger partial charge in [0, 0.05) is 6.21 Å². The Balaban J connectivity index is 1.48. The van der Waals surface area contributed by atoms with Crippen molar-refractivity contribution in [1.29, 1.82) is 5.41 Å². The molecule has 0 fully saturated rings. The van der Waals surface area contributed by atoms with Gasteiger partial charge in [0.25, 0.3) is 0 Å². The summed E-state index contributed by atoms with van der Waals surface area (Å²) in [4.78, 5) is 0. The summed E-state index contributed by atoms with van der Waals surface area (Å²) >= 11 is 0. The highest BCUT2D eigenvalue weighted by atomic mass is 14.3. The minimum Gasteiger partial charge on any atom is -0.309 e. The number of rotatable bonds is 8. The fourth-order valence-electron chi connectivity index (χ4n) is 6.30. The van der Waals surface area contributed by atoms with Crippen LogP contribution in [0.5, 0.6) is 0 Å². The Labute approximate surface area is 267 Å². The Morgan fingerprint density at radius 3 is 1.87 bits per heavy atom. The van der Waals surface area contributed by atoms with Crippen molar-refractivity contribution in [1.82, 2.24) is 0 Å². The number of hydrogen-bond donors (Lipinski definition) is 1. The van der Waals surface area contributed by atoms with E-state index < -0.39 is 0 Å². The largest absolute Gasteiger partial charge is 0.309 e. The number of hydrogen-bond acceptors (Lipinski definition) is 1. The first-order valence-electron chi connectivity index (χ1n) is 15.5. The van der Waals surface area contributed by atoms with E-state index in [9.17, 15) is 0 Å². The van der Waals surface area contributed by atoms with Crippen LogP contribution in [0.2, 0.25) is 0 Å². The molecular formula is C44H39N. The molecule has 0 heterocycles. The molecule has 0 saturated carbocycles. The van der Waals surface area contributed by atoms with E-state index in [1.165, 1.54) is 71.9 Å². The maximum absolute atomic E-state index is 7.35. The van der Waals surface area contributed by atoms with Crippen LogP contribution >= 0.6 is 0 Å². The van der Waals surface area contributed by atoms with Crippen LogP contribution in [0.4, 0.5) is 0 Å². The summed E-state index contributed by atoms with van der Waals surface area (Å²) in [5.41, 5.74) is 9.40. The van der Waals surface area contributed by atoms with Gasteiger partial charge >= 0.3 is 0 Å². The molecule has 0 atom stereocenters. The van der Waals surface area contributed by atoms with Gasteiger partial charge in [-0.05, 0) is 101 Å². The first-order valence-corrected chi connectivity index (χ1v) is 15.5. The summed E-state index contributed by atoms with van der Waals surface area (Å²) in [6.07, 6.45) is 9.64. The summed E-state index contributed by atoms with van der Waals surface area (Å²) in [6, 6.07) is 40.4. The molecule has 0 saturated heterocycles. The van der Waals surface area contributed by atoms with Crippen molar-refractivity contribution >= 4 is 38.5 Å². The molecule has 220 valence electrons. The highest BCUT2D eigenvalue weighted by Crippen LogP contribution is 2.44. The standard InChI is InChI=1S/C44H39N/c1-6-32(25-26-45)30(2)13-11-14-31-21-22-33-23-24-35(28-36(33)27-31)43-40-19-9-7-17-38(40)42(39-18-8-10-20-41(39)43)34-15-12-16-37(29-34)44(3,4)5/h6-13,15-29,45H,1-2,14H2,3-5H3/b13-11-,32-25+,45-26?. The van der Waals surface area contributed by atoms with Crippen LogP contribution in [0.1, 0.15) is 31.9 Å². The topological polar surface area (TPSA) is 23.9 Å². The third-order valence-electron chi connectivity index (χ3n) is 8.67. The zero-order chi connectivity index (χ0) is 31.6.